The number of aliphatic hydroxyl groups is 5. The molecule has 60 heavy (non-hydrogen) atoms. The van der Waals surface area contributed by atoms with Gasteiger partial charge in [0.05, 0.1) is 31.1 Å². The van der Waals surface area contributed by atoms with Gasteiger partial charge in [0, 0.05) is 31.5 Å². The molecule has 4 aliphatic rings. The van der Waals surface area contributed by atoms with Gasteiger partial charge in [-0.15, -0.1) is 5.10 Å². The fraction of sp³-hybridized carbons (Fsp3) is 0.725. The van der Waals surface area contributed by atoms with Crippen LogP contribution in [0, 0.1) is 11.8 Å². The lowest BCUT2D eigenvalue weighted by molar-refractivity contribution is -0.337. The second-order valence-corrected chi connectivity index (χ2v) is 16.3. The van der Waals surface area contributed by atoms with Crippen LogP contribution in [0.1, 0.15) is 71.3 Å². The molecule has 2 aliphatic carbocycles. The first-order valence-electron chi connectivity index (χ1n) is 20.8. The monoisotopic (exact) mass is 848 g/mol. The van der Waals surface area contributed by atoms with Crippen molar-refractivity contribution in [2.24, 2.45) is 17.6 Å². The Balaban J connectivity index is 1.39. The molecule has 0 radical (unpaired) electrons. The van der Waals surface area contributed by atoms with Crippen LogP contribution in [0.25, 0.3) is 11.3 Å². The zero-order chi connectivity index (χ0) is 43.1. The number of carbonyl (C=O) groups excluding carboxylic acids is 2. The molecule has 20 nitrogen and oxygen atoms in total. The Bertz CT molecular complexity index is 1700. The lowest BCUT2D eigenvalue weighted by Crippen LogP contribution is -2.67. The average Bonchev–Trinajstić information content (AvgIpc) is 3.74. The van der Waals surface area contributed by atoms with Crippen molar-refractivity contribution >= 4 is 17.8 Å². The Hall–Kier alpha value is -3.67. The van der Waals surface area contributed by atoms with E-state index < -0.39 is 110 Å². The second kappa shape index (κ2) is 20.9. The van der Waals surface area contributed by atoms with E-state index in [9.17, 15) is 45.0 Å². The molecule has 0 bridgehead atoms. The highest BCUT2D eigenvalue weighted by atomic mass is 16.7. The SMILES string of the molecule is CC(=O)NC1C(O[C@@H](CC2CCCCC2)C(=O)O)[C@@H](O)C(CO)O[C@H]1O[C@@H]1CC(C(=O)NCCN)CC(n2cc(-c3ccccc3)nn2)C1O[C@@H]1OC(C)[C@@H](O)C(O)C1O. The number of ether oxygens (including phenoxy) is 5. The zero-order valence-electron chi connectivity index (χ0n) is 33.8. The molecular formula is C40H60N6O14. The average molecular weight is 849 g/mol. The smallest absolute Gasteiger partial charge is 0.332 e. The number of nitrogens with one attached hydrogen (secondary N) is 2. The van der Waals surface area contributed by atoms with E-state index in [-0.39, 0.29) is 44.2 Å². The molecule has 15 atom stereocenters. The Labute approximate surface area is 347 Å². The lowest BCUT2D eigenvalue weighted by atomic mass is 9.80. The van der Waals surface area contributed by atoms with Crippen LogP contribution in [0.5, 0.6) is 0 Å². The van der Waals surface area contributed by atoms with Crippen molar-refractivity contribution in [1.82, 2.24) is 25.6 Å². The van der Waals surface area contributed by atoms with Gasteiger partial charge >= 0.3 is 5.97 Å². The van der Waals surface area contributed by atoms with Gasteiger partial charge in [-0.3, -0.25) is 9.59 Å². The van der Waals surface area contributed by atoms with Gasteiger partial charge in [0.15, 0.2) is 18.7 Å². The summed E-state index contributed by atoms with van der Waals surface area (Å²) in [7, 11) is 0. The van der Waals surface area contributed by atoms with Crippen molar-refractivity contribution in [2.45, 2.75) is 151 Å². The first-order chi connectivity index (χ1) is 28.8. The van der Waals surface area contributed by atoms with E-state index in [4.69, 9.17) is 29.4 Å². The van der Waals surface area contributed by atoms with E-state index in [1.54, 1.807) is 6.20 Å². The number of hydrogen-bond acceptors (Lipinski definition) is 16. The fourth-order valence-corrected chi connectivity index (χ4v) is 8.80. The highest BCUT2D eigenvalue weighted by Crippen LogP contribution is 2.41. The molecule has 2 aromatic rings. The van der Waals surface area contributed by atoms with Crippen LogP contribution in [-0.2, 0) is 38.1 Å². The van der Waals surface area contributed by atoms with Crippen LogP contribution in [0.15, 0.2) is 36.5 Å². The van der Waals surface area contributed by atoms with Crippen LogP contribution < -0.4 is 16.4 Å². The number of aromatic nitrogens is 3. The van der Waals surface area contributed by atoms with E-state index in [2.05, 4.69) is 20.9 Å². The summed E-state index contributed by atoms with van der Waals surface area (Å²) in [6, 6.07) is 6.96. The molecule has 0 spiro atoms. The molecule has 2 amide bonds. The number of carbonyl (C=O) groups is 3. The van der Waals surface area contributed by atoms with Gasteiger partial charge in [-0.25, -0.2) is 9.48 Å². The fourth-order valence-electron chi connectivity index (χ4n) is 8.80. The van der Waals surface area contributed by atoms with Gasteiger partial charge in [-0.1, -0.05) is 67.6 Å². The number of hydrogen-bond donors (Lipinski definition) is 9. The number of rotatable bonds is 16. The third kappa shape index (κ3) is 10.9. The quantitative estimate of drug-likeness (QED) is 0.0975. The Morgan fingerprint density at radius 1 is 0.950 bits per heavy atom. The van der Waals surface area contributed by atoms with Crippen LogP contribution >= 0.6 is 0 Å². The molecule has 1 aromatic carbocycles. The second-order valence-electron chi connectivity index (χ2n) is 16.3. The van der Waals surface area contributed by atoms with Crippen molar-refractivity contribution in [3.8, 4) is 11.3 Å². The van der Waals surface area contributed by atoms with E-state index in [0.717, 1.165) is 37.7 Å². The molecular weight excluding hydrogens is 788 g/mol. The van der Waals surface area contributed by atoms with Crippen molar-refractivity contribution in [3.63, 3.8) is 0 Å². The van der Waals surface area contributed by atoms with Crippen molar-refractivity contribution in [3.05, 3.63) is 36.5 Å². The number of nitrogens with two attached hydrogens (primary N) is 1. The van der Waals surface area contributed by atoms with Gasteiger partial charge in [0.25, 0.3) is 0 Å². The van der Waals surface area contributed by atoms with E-state index in [1.165, 1.54) is 18.5 Å². The summed E-state index contributed by atoms with van der Waals surface area (Å²) in [4.78, 5) is 39.2. The van der Waals surface area contributed by atoms with Crippen molar-refractivity contribution in [2.75, 3.05) is 19.7 Å². The Kier molecular flexibility index (Phi) is 16.0. The molecule has 20 heteroatoms. The third-order valence-corrected chi connectivity index (χ3v) is 12.0. The van der Waals surface area contributed by atoms with E-state index in [1.807, 2.05) is 30.3 Å². The lowest BCUT2D eigenvalue weighted by Gasteiger charge is -2.49. The maximum Gasteiger partial charge on any atom is 0.332 e. The summed E-state index contributed by atoms with van der Waals surface area (Å²) in [6.07, 6.45) is -10.7. The summed E-state index contributed by atoms with van der Waals surface area (Å²) in [5, 5.41) is 78.9. The van der Waals surface area contributed by atoms with Gasteiger partial charge < -0.3 is 70.7 Å². The summed E-state index contributed by atoms with van der Waals surface area (Å²) in [5.74, 6) is -2.95. The number of aliphatic hydroxyl groups excluding tert-OH is 5. The molecule has 334 valence electrons. The van der Waals surface area contributed by atoms with Crippen LogP contribution in [-0.4, -0.2) is 163 Å². The first kappa shape index (κ1) is 45.8. The normalized spacial score (nSPS) is 35.7. The molecule has 3 heterocycles. The Morgan fingerprint density at radius 3 is 2.35 bits per heavy atom. The Morgan fingerprint density at radius 2 is 1.68 bits per heavy atom. The number of nitrogens with zero attached hydrogens (tertiary/aromatic N) is 3. The number of aliphatic carboxylic acids is 1. The van der Waals surface area contributed by atoms with Gasteiger partial charge in [-0.05, 0) is 32.1 Å². The van der Waals surface area contributed by atoms with Gasteiger partial charge in [0.1, 0.15) is 54.5 Å². The van der Waals surface area contributed by atoms with E-state index in [0.29, 0.717) is 5.69 Å². The molecule has 4 fully saturated rings. The third-order valence-electron chi connectivity index (χ3n) is 12.0. The highest BCUT2D eigenvalue weighted by Gasteiger charge is 2.53. The molecule has 10 N–H and O–H groups in total. The standard InChI is InChI=1S/C40H60N6O14/c1-20-31(49)33(51)34(52)40(56-20)60-35-26(46-18-25(44-45-46)23-11-7-4-8-12-23)16-24(37(53)42-14-13-41)17-27(35)58-39-30(43-21(2)48)36(32(50)29(19-47)59-39)57-28(38(54)55)15-22-9-5-3-6-10-22/h4,7-8,11-12,18,20,22,24,26-36,39-40,47,49-52H,3,5-6,9-10,13-17,19,41H2,1-2H3,(H,42,53)(H,43,48)(H,54,55)/t20?,24?,26?,27-,28+,29?,30?,31-,32+,33?,34?,35?,36?,39-,40+/m1/s1. The minimum Gasteiger partial charge on any atom is -0.479 e. The molecule has 2 saturated carbocycles. The van der Waals surface area contributed by atoms with Crippen LogP contribution in [0.4, 0.5) is 0 Å². The van der Waals surface area contributed by atoms with Gasteiger partial charge in [0.2, 0.25) is 11.8 Å². The minimum absolute atomic E-state index is 0.0642. The topological polar surface area (TPSA) is 300 Å². The van der Waals surface area contributed by atoms with Crippen LogP contribution in [0.3, 0.4) is 0 Å². The summed E-state index contributed by atoms with van der Waals surface area (Å²) >= 11 is 0. The number of carboxylic acids is 1. The predicted octanol–water partition coefficient (Wildman–Crippen LogP) is -1.04. The summed E-state index contributed by atoms with van der Waals surface area (Å²) < 4.78 is 32.9. The van der Waals surface area contributed by atoms with Gasteiger partial charge in [-0.2, -0.15) is 0 Å². The maximum atomic E-state index is 13.8. The number of benzene rings is 1. The van der Waals surface area contributed by atoms with Crippen LogP contribution in [0.2, 0.25) is 0 Å². The molecule has 6 rings (SSSR count). The molecule has 2 aliphatic heterocycles. The van der Waals surface area contributed by atoms with E-state index >= 15 is 0 Å². The first-order valence-corrected chi connectivity index (χ1v) is 20.8. The largest absolute Gasteiger partial charge is 0.479 e. The molecule has 1 aromatic heterocycles. The minimum atomic E-state index is -1.74. The molecule has 9 unspecified atom stereocenters. The summed E-state index contributed by atoms with van der Waals surface area (Å²) in [5.41, 5.74) is 6.95. The van der Waals surface area contributed by atoms with Crippen molar-refractivity contribution < 1.29 is 68.7 Å². The molecule has 2 saturated heterocycles. The zero-order valence-corrected chi connectivity index (χ0v) is 33.8. The maximum absolute atomic E-state index is 13.8. The predicted molar refractivity (Wildman–Crippen MR) is 208 cm³/mol. The summed E-state index contributed by atoms with van der Waals surface area (Å²) in [6.45, 7) is 2.31. The number of carboxylic acid groups (broad SMARTS) is 1. The van der Waals surface area contributed by atoms with Crippen molar-refractivity contribution in [1.29, 1.82) is 0 Å². The highest BCUT2D eigenvalue weighted by molar-refractivity contribution is 5.79. The number of amides is 2.